The smallest absolute Gasteiger partial charge is 0.335 e. The average Bonchev–Trinajstić information content (AvgIpc) is 3.72. The molecule has 1 N–H and O–H groups in total. The van der Waals surface area contributed by atoms with Gasteiger partial charge in [-0.25, -0.2) is 22.9 Å². The summed E-state index contributed by atoms with van der Waals surface area (Å²) in [6, 6.07) is 14.7. The lowest BCUT2D eigenvalue weighted by molar-refractivity contribution is 0.0696. The normalized spacial score (nSPS) is 16.1. The molecule has 0 amide bonds. The lowest BCUT2D eigenvalue weighted by atomic mass is 10.0. The molecule has 0 unspecified atom stereocenters. The van der Waals surface area contributed by atoms with E-state index in [0.29, 0.717) is 62.5 Å². The predicted octanol–water partition coefficient (Wildman–Crippen LogP) is 6.34. The van der Waals surface area contributed by atoms with Crippen molar-refractivity contribution < 1.29 is 32.5 Å². The quantitative estimate of drug-likeness (QED) is 0.204. The number of imidazole rings is 1. The fourth-order valence-electron chi connectivity index (χ4n) is 5.88. The maximum absolute atomic E-state index is 15.0. The monoisotopic (exact) mass is 629 g/mol. The van der Waals surface area contributed by atoms with Crippen LogP contribution in [0.4, 0.5) is 13.2 Å². The van der Waals surface area contributed by atoms with Crippen molar-refractivity contribution in [3.63, 3.8) is 0 Å². The van der Waals surface area contributed by atoms with E-state index in [-0.39, 0.29) is 46.1 Å². The number of aromatic carboxylic acids is 1. The Balaban J connectivity index is 1.11. The average molecular weight is 630 g/mol. The summed E-state index contributed by atoms with van der Waals surface area (Å²) in [5, 5.41) is 27.8. The van der Waals surface area contributed by atoms with Crippen LogP contribution >= 0.6 is 0 Å². The SMILES string of the molecule is N#CCC1(Cn2c(CN3CCC(Oc4ccc(F)c(COc5ccc(C#N)cc5F)c4)CC3)nc3c(F)cc(C(=O)O)cc32)CC1. The lowest BCUT2D eigenvalue weighted by Crippen LogP contribution is -2.38. The predicted molar refractivity (Wildman–Crippen MR) is 159 cm³/mol. The maximum Gasteiger partial charge on any atom is 0.335 e. The number of carboxylic acid groups (broad SMARTS) is 1. The molecule has 2 heterocycles. The van der Waals surface area contributed by atoms with Crippen LogP contribution in [-0.4, -0.2) is 44.7 Å². The highest BCUT2D eigenvalue weighted by Crippen LogP contribution is 2.50. The molecule has 12 heteroatoms. The standard InChI is InChI=1S/C34H30F3N5O4/c35-26-3-2-25(14-23(26)19-45-30-4-1-21(17-39)13-27(30)36)46-24-5-11-41(12-6-24)18-31-40-32-28(37)15-22(33(43)44)16-29(32)42(31)20-34(7-8-34)9-10-38/h1-4,13-16,24H,5-9,11-12,18-20H2,(H,43,44). The molecule has 9 nitrogen and oxygen atoms in total. The van der Waals surface area contributed by atoms with Crippen LogP contribution in [0.5, 0.6) is 11.5 Å². The van der Waals surface area contributed by atoms with Crippen LogP contribution in [0.2, 0.25) is 0 Å². The van der Waals surface area contributed by atoms with Crippen molar-refractivity contribution >= 4 is 17.0 Å². The number of piperidine rings is 1. The number of carbonyl (C=O) groups is 1. The number of rotatable bonds is 11. The van der Waals surface area contributed by atoms with Crippen molar-refractivity contribution in [3.8, 4) is 23.6 Å². The highest BCUT2D eigenvalue weighted by atomic mass is 19.1. The Morgan fingerprint density at radius 2 is 1.80 bits per heavy atom. The second-order valence-corrected chi connectivity index (χ2v) is 12.0. The van der Waals surface area contributed by atoms with Crippen LogP contribution in [-0.2, 0) is 19.7 Å². The zero-order valence-electron chi connectivity index (χ0n) is 24.8. The molecule has 1 saturated carbocycles. The third kappa shape index (κ3) is 6.63. The number of hydrogen-bond donors (Lipinski definition) is 1. The van der Waals surface area contributed by atoms with Gasteiger partial charge in [0.15, 0.2) is 17.4 Å². The van der Waals surface area contributed by atoms with Crippen molar-refractivity contribution in [1.29, 1.82) is 10.5 Å². The molecule has 236 valence electrons. The first kappa shape index (κ1) is 30.9. The van der Waals surface area contributed by atoms with Crippen LogP contribution < -0.4 is 9.47 Å². The second kappa shape index (κ2) is 12.7. The van der Waals surface area contributed by atoms with Gasteiger partial charge in [0.05, 0.1) is 35.3 Å². The van der Waals surface area contributed by atoms with E-state index in [4.69, 9.17) is 14.7 Å². The number of fused-ring (bicyclic) bond motifs is 1. The Hall–Kier alpha value is -5.07. The molecule has 0 radical (unpaired) electrons. The first-order valence-corrected chi connectivity index (χ1v) is 15.0. The van der Waals surface area contributed by atoms with Gasteiger partial charge in [-0.3, -0.25) is 4.90 Å². The minimum absolute atomic E-state index is 0.0898. The summed E-state index contributed by atoms with van der Waals surface area (Å²) < 4.78 is 57.2. The van der Waals surface area contributed by atoms with Gasteiger partial charge in [0.1, 0.15) is 35.6 Å². The van der Waals surface area contributed by atoms with Gasteiger partial charge in [-0.15, -0.1) is 0 Å². The van der Waals surface area contributed by atoms with Crippen molar-refractivity contribution in [2.24, 2.45) is 5.41 Å². The van der Waals surface area contributed by atoms with Gasteiger partial charge in [-0.05, 0) is 74.2 Å². The van der Waals surface area contributed by atoms with Gasteiger partial charge in [0.25, 0.3) is 0 Å². The Bertz CT molecular complexity index is 1880. The van der Waals surface area contributed by atoms with Crippen LogP contribution in [0.1, 0.15) is 59.4 Å². The molecule has 0 bridgehead atoms. The van der Waals surface area contributed by atoms with E-state index in [9.17, 15) is 28.3 Å². The number of nitriles is 2. The van der Waals surface area contributed by atoms with E-state index in [0.717, 1.165) is 25.0 Å². The minimum Gasteiger partial charge on any atom is -0.490 e. The molecule has 1 aliphatic carbocycles. The molecule has 1 aliphatic heterocycles. The fraction of sp³-hybridized carbons (Fsp3) is 0.353. The summed E-state index contributed by atoms with van der Waals surface area (Å²) in [4.78, 5) is 18.4. The largest absolute Gasteiger partial charge is 0.490 e. The van der Waals surface area contributed by atoms with Crippen LogP contribution in [0, 0.1) is 45.5 Å². The van der Waals surface area contributed by atoms with Crippen LogP contribution in [0.25, 0.3) is 11.0 Å². The third-order valence-electron chi connectivity index (χ3n) is 8.70. The van der Waals surface area contributed by atoms with Gasteiger partial charge in [-0.1, -0.05) is 0 Å². The molecule has 46 heavy (non-hydrogen) atoms. The van der Waals surface area contributed by atoms with E-state index >= 15 is 0 Å². The number of aromatic nitrogens is 2. The summed E-state index contributed by atoms with van der Waals surface area (Å²) in [5.41, 5.74) is 0.500. The highest BCUT2D eigenvalue weighted by Gasteiger charge is 2.43. The first-order valence-electron chi connectivity index (χ1n) is 15.0. The molecular formula is C34H30F3N5O4. The van der Waals surface area contributed by atoms with Crippen molar-refractivity contribution in [2.75, 3.05) is 13.1 Å². The van der Waals surface area contributed by atoms with Gasteiger partial charge in [0, 0.05) is 37.0 Å². The fourth-order valence-corrected chi connectivity index (χ4v) is 5.88. The third-order valence-corrected chi connectivity index (χ3v) is 8.70. The number of ether oxygens (including phenoxy) is 2. The molecule has 0 atom stereocenters. The van der Waals surface area contributed by atoms with Crippen molar-refractivity contribution in [2.45, 2.75) is 57.9 Å². The molecule has 0 spiro atoms. The number of nitrogens with zero attached hydrogens (tertiary/aromatic N) is 5. The van der Waals surface area contributed by atoms with Gasteiger partial charge in [0.2, 0.25) is 0 Å². The Kier molecular flexibility index (Phi) is 8.57. The number of likely N-dealkylation sites (tertiary alicyclic amines) is 1. The molecule has 2 aliphatic rings. The molecule has 2 fully saturated rings. The first-order chi connectivity index (χ1) is 22.2. The Labute approximate surface area is 263 Å². The maximum atomic E-state index is 15.0. The van der Waals surface area contributed by atoms with Gasteiger partial charge in [-0.2, -0.15) is 10.5 Å². The molecule has 1 aromatic heterocycles. The zero-order valence-corrected chi connectivity index (χ0v) is 24.8. The lowest BCUT2D eigenvalue weighted by Gasteiger charge is -2.32. The summed E-state index contributed by atoms with van der Waals surface area (Å²) >= 11 is 0. The van der Waals surface area contributed by atoms with E-state index in [1.807, 2.05) is 10.6 Å². The zero-order chi connectivity index (χ0) is 32.4. The number of halogens is 3. The molecule has 1 saturated heterocycles. The molecular weight excluding hydrogens is 599 g/mol. The Morgan fingerprint density at radius 1 is 1.02 bits per heavy atom. The minimum atomic E-state index is -1.23. The van der Waals surface area contributed by atoms with Gasteiger partial charge < -0.3 is 19.1 Å². The van der Waals surface area contributed by atoms with Crippen LogP contribution in [0.3, 0.4) is 0 Å². The molecule has 3 aromatic carbocycles. The van der Waals surface area contributed by atoms with Gasteiger partial charge >= 0.3 is 5.97 Å². The molecule has 4 aromatic rings. The summed E-state index contributed by atoms with van der Waals surface area (Å²) in [7, 11) is 0. The van der Waals surface area contributed by atoms with E-state index in [1.165, 1.54) is 36.4 Å². The number of hydrogen-bond acceptors (Lipinski definition) is 7. The Morgan fingerprint density at radius 3 is 2.48 bits per heavy atom. The van der Waals surface area contributed by atoms with Crippen molar-refractivity contribution in [3.05, 3.63) is 88.5 Å². The number of benzene rings is 3. The van der Waals surface area contributed by atoms with Crippen molar-refractivity contribution in [1.82, 2.24) is 14.5 Å². The second-order valence-electron chi connectivity index (χ2n) is 12.0. The summed E-state index contributed by atoms with van der Waals surface area (Å²) in [6.07, 6.45) is 3.27. The topological polar surface area (TPSA) is 124 Å². The van der Waals surface area contributed by atoms with E-state index < -0.39 is 23.4 Å². The van der Waals surface area contributed by atoms with Crippen LogP contribution in [0.15, 0.2) is 48.5 Å². The number of carboxylic acids is 1. The highest BCUT2D eigenvalue weighted by molar-refractivity contribution is 5.92. The van der Waals surface area contributed by atoms with E-state index in [1.54, 1.807) is 0 Å². The molecule has 6 rings (SSSR count). The summed E-state index contributed by atoms with van der Waals surface area (Å²) in [6.45, 7) is 1.94. The summed E-state index contributed by atoms with van der Waals surface area (Å²) in [5.74, 6) is -2.17. The van der Waals surface area contributed by atoms with E-state index in [2.05, 4.69) is 16.0 Å².